The molecule has 1 unspecified atom stereocenters. The quantitative estimate of drug-likeness (QED) is 0.0716. The maximum Gasteiger partial charge on any atom is 0.355 e. The highest BCUT2D eigenvalue weighted by Crippen LogP contribution is 2.42. The smallest absolute Gasteiger partial charge is 0.355 e. The van der Waals surface area contributed by atoms with E-state index in [0.29, 0.717) is 34.5 Å². The molecular weight excluding hydrogens is 1130 g/mol. The lowest BCUT2D eigenvalue weighted by Crippen LogP contribution is -2.54. The predicted molar refractivity (Wildman–Crippen MR) is 332 cm³/mol. The van der Waals surface area contributed by atoms with Gasteiger partial charge in [0.15, 0.2) is 22.9 Å². The fourth-order valence-corrected chi connectivity index (χ4v) is 12.2. The van der Waals surface area contributed by atoms with Gasteiger partial charge in [-0.1, -0.05) is 64.3 Å². The predicted octanol–water partition coefficient (Wildman–Crippen LogP) is 10.2. The second kappa shape index (κ2) is 24.9. The van der Waals surface area contributed by atoms with Gasteiger partial charge in [-0.15, -0.1) is 0 Å². The standard InChI is InChI=1S/C66H64F4N12O6/c1-9-52(83)77-24-26-79(39(6)35-77)61-44-33-49(70)58-55-47(68)31-41(32-51(55)88-29-14-11-16-42(20-22-71-8)59(37(3)4)81(63(44)74-58)65(85)75-61)30-38(5)56-60-43(21-23-72-56)17-12-13-28-87-50-19-15-18-46(67)54(50)57-48(69)34-45-62(76-66(86)82(60)64(45)73-57)80-27-25-78(36-40(80)7)53(84)10-2/h9-12,15-23,31-34,37-40H,1-2,8,13-14,24-30,35-36H2,3-7H3/b16-11-,17-12-,22-20-,59-42+/t38?,39-,40-/m0/s1. The molecule has 3 atom stereocenters. The monoisotopic (exact) mass is 1200 g/mol. The lowest BCUT2D eigenvalue weighted by Gasteiger charge is -2.40. The van der Waals surface area contributed by atoms with Gasteiger partial charge in [-0.05, 0) is 118 Å². The summed E-state index contributed by atoms with van der Waals surface area (Å²) in [5.74, 6) is -4.90. The zero-order chi connectivity index (χ0) is 62.2. The summed E-state index contributed by atoms with van der Waals surface area (Å²) < 4.78 is 83.3. The molecule has 4 bridgehead atoms. The molecular formula is C66H64F4N12O6. The number of halogens is 4. The van der Waals surface area contributed by atoms with Crippen LogP contribution in [0.3, 0.4) is 0 Å². The molecule has 9 heterocycles. The van der Waals surface area contributed by atoms with Gasteiger partial charge in [0.1, 0.15) is 46.2 Å². The minimum absolute atomic E-state index is 0.00811. The summed E-state index contributed by atoms with van der Waals surface area (Å²) >= 11 is 0. The molecule has 2 amide bonds. The molecule has 0 aliphatic carbocycles. The van der Waals surface area contributed by atoms with E-state index in [0.717, 1.165) is 0 Å². The van der Waals surface area contributed by atoms with Gasteiger partial charge in [-0.2, -0.15) is 9.97 Å². The number of fused-ring (bicyclic) bond motifs is 8. The molecule has 2 saturated heterocycles. The third kappa shape index (κ3) is 11.2. The Balaban J connectivity index is 1.07. The van der Waals surface area contributed by atoms with Crippen molar-refractivity contribution in [2.45, 2.75) is 71.9 Å². The molecule has 18 nitrogen and oxygen atoms in total. The van der Waals surface area contributed by atoms with E-state index in [4.69, 9.17) is 24.4 Å². The number of piperazine rings is 2. The van der Waals surface area contributed by atoms with Crippen LogP contribution < -0.4 is 30.7 Å². The van der Waals surface area contributed by atoms with Crippen LogP contribution in [0.2, 0.25) is 0 Å². The van der Waals surface area contributed by atoms with E-state index in [2.05, 4.69) is 34.8 Å². The normalized spacial score (nSPS) is 19.0. The van der Waals surface area contributed by atoms with Crippen LogP contribution in [0.5, 0.6) is 11.5 Å². The minimum Gasteiger partial charge on any atom is -0.492 e. The summed E-state index contributed by atoms with van der Waals surface area (Å²) in [4.78, 5) is 90.1. The Bertz CT molecular complexity index is 4290. The van der Waals surface area contributed by atoms with Crippen LogP contribution in [0.1, 0.15) is 70.2 Å². The van der Waals surface area contributed by atoms with E-state index >= 15 is 22.4 Å². The summed E-state index contributed by atoms with van der Waals surface area (Å²) in [7, 11) is 0. The highest BCUT2D eigenvalue weighted by Gasteiger charge is 2.35. The average Bonchev–Trinajstić information content (AvgIpc) is 0.843. The number of aromatic nitrogens is 7. The fraction of sp³-hybridized carbons (Fsp3) is 0.303. The van der Waals surface area contributed by atoms with E-state index in [1.54, 1.807) is 46.4 Å². The number of hydrogen-bond acceptors (Lipinski definition) is 14. The van der Waals surface area contributed by atoms with Gasteiger partial charge in [-0.3, -0.25) is 19.6 Å². The lowest BCUT2D eigenvalue weighted by atomic mass is 9.93. The second-order valence-electron chi connectivity index (χ2n) is 22.4. The Morgan fingerprint density at radius 3 is 1.85 bits per heavy atom. The Hall–Kier alpha value is -9.86. The number of anilines is 2. The van der Waals surface area contributed by atoms with E-state index in [1.807, 2.05) is 56.6 Å². The van der Waals surface area contributed by atoms with Crippen molar-refractivity contribution in [1.29, 1.82) is 0 Å². The van der Waals surface area contributed by atoms with Crippen LogP contribution in [0, 0.1) is 29.2 Å². The summed E-state index contributed by atoms with van der Waals surface area (Å²) in [5.41, 5.74) is -0.661. The number of ether oxygens (including phenoxy) is 2. The van der Waals surface area contributed by atoms with Crippen molar-refractivity contribution in [1.82, 2.24) is 43.9 Å². The summed E-state index contributed by atoms with van der Waals surface area (Å²) in [6, 6.07) is 10.3. The highest BCUT2D eigenvalue weighted by molar-refractivity contribution is 5.94. The lowest BCUT2D eigenvalue weighted by molar-refractivity contribution is -0.127. The molecule has 88 heavy (non-hydrogen) atoms. The molecule has 452 valence electrons. The van der Waals surface area contributed by atoms with Crippen molar-refractivity contribution in [2.24, 2.45) is 10.9 Å². The van der Waals surface area contributed by atoms with Gasteiger partial charge < -0.3 is 29.1 Å². The molecule has 7 aromatic rings. The van der Waals surface area contributed by atoms with Crippen LogP contribution in [-0.4, -0.2) is 127 Å². The van der Waals surface area contributed by atoms with Crippen molar-refractivity contribution >= 4 is 64.0 Å². The van der Waals surface area contributed by atoms with Crippen LogP contribution in [0.25, 0.3) is 62.0 Å². The zero-order valence-electron chi connectivity index (χ0n) is 49.4. The number of nitrogens with zero attached hydrogens (tertiary/aromatic N) is 12. The summed E-state index contributed by atoms with van der Waals surface area (Å²) in [6.45, 7) is 21.7. The van der Waals surface area contributed by atoms with Crippen molar-refractivity contribution in [2.75, 3.05) is 62.3 Å². The number of amides is 2. The molecule has 11 rings (SSSR count). The SMILES string of the molecule is C=CC(=O)N1CCN(c2nc(=O)n3c4nc(c(F)cc24)-c2c(F)cc(CC(C)c4nccc5c4-n4c(=O)nc(N6CCN(C(=O)C=C)C[C@@H]6C)c6cc(F)c(nc64)-c4c(F)cccc4OCC/C=C\5)cc2OCC\C=C/C(/C=C\N=C)=C\3C(C)C)[C@@H](C)C1. The van der Waals surface area contributed by atoms with Gasteiger partial charge in [0, 0.05) is 80.9 Å². The van der Waals surface area contributed by atoms with Crippen molar-refractivity contribution in [3.05, 3.63) is 177 Å². The summed E-state index contributed by atoms with van der Waals surface area (Å²) in [5, 5.41) is 0.269. The Morgan fingerprint density at radius 1 is 0.705 bits per heavy atom. The molecule has 2 fully saturated rings. The fourth-order valence-electron chi connectivity index (χ4n) is 12.2. The van der Waals surface area contributed by atoms with E-state index < -0.39 is 58.0 Å². The Labute approximate surface area is 504 Å². The molecule has 0 spiro atoms. The van der Waals surface area contributed by atoms with E-state index in [1.165, 1.54) is 63.9 Å². The zero-order valence-corrected chi connectivity index (χ0v) is 49.4. The number of aliphatic imine (C=N–C) groups is 1. The van der Waals surface area contributed by atoms with Crippen LogP contribution in [0.4, 0.5) is 29.2 Å². The van der Waals surface area contributed by atoms with Crippen LogP contribution >= 0.6 is 0 Å². The molecule has 2 aromatic carbocycles. The number of carbonyl (C=O) groups excluding carboxylic acids is 2. The van der Waals surface area contributed by atoms with Crippen LogP contribution in [-0.2, 0) is 16.0 Å². The number of pyridine rings is 3. The minimum atomic E-state index is -0.932. The second-order valence-corrected chi connectivity index (χ2v) is 22.4. The highest BCUT2D eigenvalue weighted by atomic mass is 19.1. The largest absolute Gasteiger partial charge is 0.492 e. The van der Waals surface area contributed by atoms with Crippen molar-refractivity contribution in [3.63, 3.8) is 0 Å². The Morgan fingerprint density at radius 2 is 1.27 bits per heavy atom. The molecule has 4 aliphatic heterocycles. The van der Waals surface area contributed by atoms with Crippen molar-refractivity contribution < 1.29 is 36.6 Å². The maximum atomic E-state index is 17.7. The van der Waals surface area contributed by atoms with E-state index in [-0.39, 0.29) is 151 Å². The number of rotatable bonds is 10. The van der Waals surface area contributed by atoms with Gasteiger partial charge in [-0.25, -0.2) is 46.3 Å². The first-order chi connectivity index (χ1) is 42.4. The maximum absolute atomic E-state index is 17.7. The first-order valence-corrected chi connectivity index (χ1v) is 29.1. The third-order valence-corrected chi connectivity index (χ3v) is 16.3. The molecule has 5 aromatic heterocycles. The van der Waals surface area contributed by atoms with Crippen molar-refractivity contribution in [3.8, 4) is 39.7 Å². The first kappa shape index (κ1) is 59.9. The molecule has 4 aliphatic rings. The molecule has 0 N–H and O–H groups in total. The third-order valence-electron chi connectivity index (χ3n) is 16.3. The number of allylic oxidation sites excluding steroid dienone is 4. The van der Waals surface area contributed by atoms with Gasteiger partial charge in [0.25, 0.3) is 0 Å². The number of carbonyl (C=O) groups is 2. The average molecular weight is 1200 g/mol. The molecule has 0 saturated carbocycles. The van der Waals surface area contributed by atoms with Gasteiger partial charge in [0.05, 0.1) is 46.5 Å². The number of hydrogen-bond donors (Lipinski definition) is 0. The molecule has 22 heteroatoms. The topological polar surface area (TPSA) is 186 Å². The van der Waals surface area contributed by atoms with Crippen LogP contribution in [0.15, 0.2) is 131 Å². The summed E-state index contributed by atoms with van der Waals surface area (Å²) in [6.07, 6.45) is 15.1. The number of benzene rings is 2. The van der Waals surface area contributed by atoms with Gasteiger partial charge >= 0.3 is 11.4 Å². The van der Waals surface area contributed by atoms with Gasteiger partial charge in [0.2, 0.25) is 11.8 Å². The first-order valence-electron chi connectivity index (χ1n) is 29.1. The van der Waals surface area contributed by atoms with E-state index in [9.17, 15) is 14.4 Å². The Kier molecular flexibility index (Phi) is 16.9. The molecule has 0 radical (unpaired) electrons.